The zero-order valence-corrected chi connectivity index (χ0v) is 16.1. The van der Waals surface area contributed by atoms with Crippen LogP contribution >= 0.6 is 0 Å². The Balaban J connectivity index is 1.50. The Kier molecular flexibility index (Phi) is 6.07. The van der Waals surface area contributed by atoms with E-state index in [1.54, 1.807) is 0 Å². The lowest BCUT2D eigenvalue weighted by Crippen LogP contribution is -2.34. The number of aromatic nitrogens is 3. The number of nitrogens with zero attached hydrogens (tertiary/aromatic N) is 5. The van der Waals surface area contributed by atoms with Gasteiger partial charge in [-0.3, -0.25) is 0 Å². The van der Waals surface area contributed by atoms with Crippen molar-refractivity contribution in [1.82, 2.24) is 15.0 Å². The van der Waals surface area contributed by atoms with Crippen molar-refractivity contribution in [3.05, 3.63) is 0 Å². The van der Waals surface area contributed by atoms with Crippen LogP contribution in [0.5, 0.6) is 0 Å². The summed E-state index contributed by atoms with van der Waals surface area (Å²) in [6.45, 7) is 5.30. The largest absolute Gasteiger partial charge is 0.354 e. The summed E-state index contributed by atoms with van der Waals surface area (Å²) < 4.78 is 0. The third-order valence-corrected chi connectivity index (χ3v) is 6.16. The average molecular weight is 359 g/mol. The maximum atomic E-state index is 4.87. The van der Waals surface area contributed by atoms with Crippen molar-refractivity contribution in [1.29, 1.82) is 0 Å². The summed E-state index contributed by atoms with van der Waals surface area (Å²) in [5.41, 5.74) is 0. The Hall–Kier alpha value is -1.59. The maximum absolute atomic E-state index is 4.87. The van der Waals surface area contributed by atoms with Gasteiger partial charge in [-0.15, -0.1) is 0 Å². The van der Waals surface area contributed by atoms with Gasteiger partial charge in [0.2, 0.25) is 17.8 Å². The van der Waals surface area contributed by atoms with Crippen LogP contribution in [0.3, 0.4) is 0 Å². The summed E-state index contributed by atoms with van der Waals surface area (Å²) in [7, 11) is 0. The lowest BCUT2D eigenvalue weighted by Gasteiger charge is -2.30. The van der Waals surface area contributed by atoms with Gasteiger partial charge in [0.05, 0.1) is 0 Å². The Morgan fingerprint density at radius 1 is 0.654 bits per heavy atom. The SMILES string of the molecule is C1CCC(CNc2nc(N3CCCCC3)nc(N3CCCCC3)n2)CC1. The van der Waals surface area contributed by atoms with E-state index in [4.69, 9.17) is 15.0 Å². The standard InChI is InChI=1S/C20H34N6/c1-4-10-17(11-5-1)16-21-18-22-19(25-12-6-2-7-13-25)24-20(23-18)26-14-8-3-9-15-26/h17H,1-16H2,(H,21,22,23,24). The molecule has 2 saturated heterocycles. The lowest BCUT2D eigenvalue weighted by molar-refractivity contribution is 0.373. The summed E-state index contributed by atoms with van der Waals surface area (Å²) in [5.74, 6) is 3.32. The van der Waals surface area contributed by atoms with Gasteiger partial charge < -0.3 is 15.1 Å². The Labute approximate surface area is 157 Å². The van der Waals surface area contributed by atoms with Crippen molar-refractivity contribution in [2.75, 3.05) is 47.8 Å². The third-order valence-electron chi connectivity index (χ3n) is 6.16. The van der Waals surface area contributed by atoms with Crippen LogP contribution in [0.15, 0.2) is 0 Å². The molecule has 3 heterocycles. The molecule has 144 valence electrons. The molecule has 1 saturated carbocycles. The maximum Gasteiger partial charge on any atom is 0.231 e. The molecule has 3 fully saturated rings. The molecule has 1 N–H and O–H groups in total. The molecule has 1 aromatic heterocycles. The van der Waals surface area contributed by atoms with E-state index in [-0.39, 0.29) is 0 Å². The van der Waals surface area contributed by atoms with Gasteiger partial charge in [0.1, 0.15) is 0 Å². The third kappa shape index (κ3) is 4.57. The molecule has 0 bridgehead atoms. The van der Waals surface area contributed by atoms with Crippen molar-refractivity contribution in [2.24, 2.45) is 5.92 Å². The second-order valence-corrected chi connectivity index (χ2v) is 8.24. The van der Waals surface area contributed by atoms with Gasteiger partial charge in [0, 0.05) is 32.7 Å². The van der Waals surface area contributed by atoms with E-state index in [0.29, 0.717) is 0 Å². The molecule has 0 spiro atoms. The van der Waals surface area contributed by atoms with Crippen LogP contribution in [0.1, 0.15) is 70.6 Å². The number of hydrogen-bond donors (Lipinski definition) is 1. The first kappa shape index (κ1) is 17.8. The molecule has 0 radical (unpaired) electrons. The van der Waals surface area contributed by atoms with E-state index in [1.807, 2.05) is 0 Å². The number of rotatable bonds is 5. The van der Waals surface area contributed by atoms with E-state index in [9.17, 15) is 0 Å². The van der Waals surface area contributed by atoms with Gasteiger partial charge in [-0.05, 0) is 57.3 Å². The molecule has 1 aromatic rings. The molecule has 0 aromatic carbocycles. The van der Waals surface area contributed by atoms with Crippen molar-refractivity contribution in [3.8, 4) is 0 Å². The van der Waals surface area contributed by atoms with Gasteiger partial charge in [-0.25, -0.2) is 0 Å². The smallest absolute Gasteiger partial charge is 0.231 e. The molecule has 2 aliphatic heterocycles. The van der Waals surface area contributed by atoms with Gasteiger partial charge in [-0.1, -0.05) is 19.3 Å². The van der Waals surface area contributed by atoms with Crippen LogP contribution in [0.25, 0.3) is 0 Å². The summed E-state index contributed by atoms with van der Waals surface area (Å²) in [5, 5.41) is 3.56. The molecule has 0 atom stereocenters. The van der Waals surface area contributed by atoms with Crippen molar-refractivity contribution >= 4 is 17.8 Å². The molecule has 4 rings (SSSR count). The van der Waals surface area contributed by atoms with Crippen LogP contribution in [-0.2, 0) is 0 Å². The molecule has 6 nitrogen and oxygen atoms in total. The van der Waals surface area contributed by atoms with Crippen LogP contribution in [0.2, 0.25) is 0 Å². The summed E-state index contributed by atoms with van der Waals surface area (Å²) in [6, 6.07) is 0. The van der Waals surface area contributed by atoms with Crippen LogP contribution in [0.4, 0.5) is 17.8 Å². The fraction of sp³-hybridized carbons (Fsp3) is 0.850. The minimum atomic E-state index is 0.775. The van der Waals surface area contributed by atoms with Crippen LogP contribution < -0.4 is 15.1 Å². The molecule has 0 unspecified atom stereocenters. The second kappa shape index (κ2) is 8.87. The van der Waals surface area contributed by atoms with E-state index in [2.05, 4.69) is 15.1 Å². The number of anilines is 3. The highest BCUT2D eigenvalue weighted by Crippen LogP contribution is 2.25. The monoisotopic (exact) mass is 358 g/mol. The highest BCUT2D eigenvalue weighted by Gasteiger charge is 2.21. The molecule has 26 heavy (non-hydrogen) atoms. The fourth-order valence-electron chi connectivity index (χ4n) is 4.53. The first-order chi connectivity index (χ1) is 12.9. The highest BCUT2D eigenvalue weighted by molar-refractivity contribution is 5.45. The summed E-state index contributed by atoms with van der Waals surface area (Å²) in [4.78, 5) is 19.2. The van der Waals surface area contributed by atoms with E-state index in [0.717, 1.165) is 56.5 Å². The zero-order chi connectivity index (χ0) is 17.6. The lowest BCUT2D eigenvalue weighted by atomic mass is 9.89. The van der Waals surface area contributed by atoms with Crippen molar-refractivity contribution in [3.63, 3.8) is 0 Å². The Morgan fingerprint density at radius 3 is 1.69 bits per heavy atom. The molecule has 1 aliphatic carbocycles. The van der Waals surface area contributed by atoms with Crippen LogP contribution in [-0.4, -0.2) is 47.7 Å². The molecular formula is C20H34N6. The number of hydrogen-bond acceptors (Lipinski definition) is 6. The minimum absolute atomic E-state index is 0.775. The summed E-state index contributed by atoms with van der Waals surface area (Å²) >= 11 is 0. The van der Waals surface area contributed by atoms with Crippen molar-refractivity contribution < 1.29 is 0 Å². The van der Waals surface area contributed by atoms with Gasteiger partial charge in [0.15, 0.2) is 0 Å². The van der Waals surface area contributed by atoms with Crippen molar-refractivity contribution in [2.45, 2.75) is 70.6 Å². The van der Waals surface area contributed by atoms with E-state index in [1.165, 1.54) is 70.6 Å². The Morgan fingerprint density at radius 2 is 1.15 bits per heavy atom. The minimum Gasteiger partial charge on any atom is -0.354 e. The second-order valence-electron chi connectivity index (χ2n) is 8.24. The number of nitrogens with one attached hydrogen (secondary N) is 1. The zero-order valence-electron chi connectivity index (χ0n) is 16.1. The fourth-order valence-corrected chi connectivity index (χ4v) is 4.53. The Bertz CT molecular complexity index is 523. The molecular weight excluding hydrogens is 324 g/mol. The predicted molar refractivity (Wildman–Crippen MR) is 107 cm³/mol. The van der Waals surface area contributed by atoms with E-state index < -0.39 is 0 Å². The van der Waals surface area contributed by atoms with Gasteiger partial charge in [-0.2, -0.15) is 15.0 Å². The predicted octanol–water partition coefficient (Wildman–Crippen LogP) is 3.84. The van der Waals surface area contributed by atoms with Gasteiger partial charge >= 0.3 is 0 Å². The van der Waals surface area contributed by atoms with Gasteiger partial charge in [0.25, 0.3) is 0 Å². The average Bonchev–Trinajstić information content (AvgIpc) is 2.74. The molecule has 0 amide bonds. The first-order valence-corrected chi connectivity index (χ1v) is 10.9. The first-order valence-electron chi connectivity index (χ1n) is 10.9. The summed E-state index contributed by atoms with van der Waals surface area (Å²) in [6.07, 6.45) is 14.5. The molecule has 3 aliphatic rings. The topological polar surface area (TPSA) is 57.2 Å². The molecule has 6 heteroatoms. The highest BCUT2D eigenvalue weighted by atomic mass is 15.4. The van der Waals surface area contributed by atoms with Crippen LogP contribution in [0, 0.1) is 5.92 Å². The normalized spacial score (nSPS) is 22.5. The number of piperidine rings is 2. The quantitative estimate of drug-likeness (QED) is 0.863. The van der Waals surface area contributed by atoms with E-state index >= 15 is 0 Å².